The number of halogens is 1. The van der Waals surface area contributed by atoms with Crippen LogP contribution in [0.25, 0.3) is 0 Å². The number of aromatic nitrogens is 1. The third-order valence-electron chi connectivity index (χ3n) is 2.47. The van der Waals surface area contributed by atoms with Gasteiger partial charge in [-0.3, -0.25) is 0 Å². The lowest BCUT2D eigenvalue weighted by Gasteiger charge is -2.18. The first-order valence-corrected chi connectivity index (χ1v) is 5.32. The highest BCUT2D eigenvalue weighted by Crippen LogP contribution is 2.14. The van der Waals surface area contributed by atoms with Crippen molar-refractivity contribution in [2.75, 3.05) is 17.7 Å². The number of nitrogens with zero attached hydrogens (tertiary/aromatic N) is 2. The smallest absolute Gasteiger partial charge is 0.128 e. The van der Waals surface area contributed by atoms with Crippen LogP contribution in [0, 0.1) is 5.82 Å². The van der Waals surface area contributed by atoms with E-state index in [1.54, 1.807) is 18.3 Å². The summed E-state index contributed by atoms with van der Waals surface area (Å²) >= 11 is 0. The van der Waals surface area contributed by atoms with Gasteiger partial charge in [0.1, 0.15) is 11.6 Å². The Balaban J connectivity index is 2.11. The summed E-state index contributed by atoms with van der Waals surface area (Å²) in [6, 6.07) is 10.2. The van der Waals surface area contributed by atoms with Crippen LogP contribution in [0.5, 0.6) is 0 Å². The maximum Gasteiger partial charge on any atom is 0.128 e. The normalized spacial score (nSPS) is 10.2. The van der Waals surface area contributed by atoms with Gasteiger partial charge in [-0.05, 0) is 29.8 Å². The van der Waals surface area contributed by atoms with Gasteiger partial charge < -0.3 is 10.6 Å². The van der Waals surface area contributed by atoms with Crippen LogP contribution >= 0.6 is 0 Å². The molecule has 2 rings (SSSR count). The largest absolute Gasteiger partial charge is 0.397 e. The molecular weight excluding hydrogens is 217 g/mol. The van der Waals surface area contributed by atoms with Crippen LogP contribution in [-0.2, 0) is 6.54 Å². The predicted octanol–water partition coefficient (Wildman–Crippen LogP) is 2.44. The van der Waals surface area contributed by atoms with Gasteiger partial charge in [-0.1, -0.05) is 12.1 Å². The van der Waals surface area contributed by atoms with Crippen LogP contribution in [0.2, 0.25) is 0 Å². The lowest BCUT2D eigenvalue weighted by molar-refractivity contribution is 0.625. The number of hydrogen-bond acceptors (Lipinski definition) is 3. The van der Waals surface area contributed by atoms with Crippen LogP contribution < -0.4 is 10.6 Å². The standard InChI is InChI=1S/C13H14FN3/c1-17(13-6-5-12(15)8-16-13)9-10-3-2-4-11(14)7-10/h2-8H,9,15H2,1H3. The Labute approximate surface area is 99.7 Å². The summed E-state index contributed by atoms with van der Waals surface area (Å²) in [6.07, 6.45) is 1.61. The maximum absolute atomic E-state index is 13.0. The molecule has 3 nitrogen and oxygen atoms in total. The first kappa shape index (κ1) is 11.4. The van der Waals surface area contributed by atoms with Crippen molar-refractivity contribution >= 4 is 11.5 Å². The molecule has 0 aliphatic carbocycles. The van der Waals surface area contributed by atoms with E-state index in [1.807, 2.05) is 24.1 Å². The molecule has 2 N–H and O–H groups in total. The van der Waals surface area contributed by atoms with Crippen LogP contribution in [0.15, 0.2) is 42.6 Å². The second kappa shape index (κ2) is 4.82. The second-order valence-corrected chi connectivity index (χ2v) is 3.94. The Morgan fingerprint density at radius 1 is 1.29 bits per heavy atom. The van der Waals surface area contributed by atoms with Crippen LogP contribution in [0.3, 0.4) is 0 Å². The maximum atomic E-state index is 13.0. The highest BCUT2D eigenvalue weighted by molar-refractivity contribution is 5.45. The molecule has 0 saturated carbocycles. The average Bonchev–Trinajstić information content (AvgIpc) is 2.29. The van der Waals surface area contributed by atoms with Crippen molar-refractivity contribution in [2.45, 2.75) is 6.54 Å². The fourth-order valence-corrected chi connectivity index (χ4v) is 1.61. The van der Waals surface area contributed by atoms with E-state index in [-0.39, 0.29) is 5.82 Å². The number of benzene rings is 1. The van der Waals surface area contributed by atoms with Gasteiger partial charge in [0.2, 0.25) is 0 Å². The van der Waals surface area contributed by atoms with Crippen LogP contribution in [-0.4, -0.2) is 12.0 Å². The minimum absolute atomic E-state index is 0.221. The van der Waals surface area contributed by atoms with Gasteiger partial charge in [0, 0.05) is 13.6 Å². The Hall–Kier alpha value is -2.10. The second-order valence-electron chi connectivity index (χ2n) is 3.94. The topological polar surface area (TPSA) is 42.1 Å². The summed E-state index contributed by atoms with van der Waals surface area (Å²) in [5.41, 5.74) is 7.11. The molecule has 4 heteroatoms. The molecule has 88 valence electrons. The highest BCUT2D eigenvalue weighted by Gasteiger charge is 2.03. The molecule has 0 aliphatic rings. The minimum Gasteiger partial charge on any atom is -0.397 e. The van der Waals surface area contributed by atoms with Gasteiger partial charge in [-0.2, -0.15) is 0 Å². The molecule has 1 aromatic carbocycles. The Morgan fingerprint density at radius 3 is 2.76 bits per heavy atom. The highest BCUT2D eigenvalue weighted by atomic mass is 19.1. The fraction of sp³-hybridized carbons (Fsp3) is 0.154. The van der Waals surface area contributed by atoms with Crippen molar-refractivity contribution in [3.63, 3.8) is 0 Å². The first-order chi connectivity index (χ1) is 8.15. The zero-order valence-electron chi connectivity index (χ0n) is 9.60. The van der Waals surface area contributed by atoms with E-state index in [0.29, 0.717) is 12.2 Å². The molecule has 1 heterocycles. The Bertz CT molecular complexity index is 496. The molecule has 0 amide bonds. The van der Waals surface area contributed by atoms with E-state index in [9.17, 15) is 4.39 Å². The Kier molecular flexibility index (Phi) is 3.23. The summed E-state index contributed by atoms with van der Waals surface area (Å²) in [5, 5.41) is 0. The molecule has 0 radical (unpaired) electrons. The zero-order chi connectivity index (χ0) is 12.3. The van der Waals surface area contributed by atoms with E-state index < -0.39 is 0 Å². The van der Waals surface area contributed by atoms with Gasteiger partial charge >= 0.3 is 0 Å². The summed E-state index contributed by atoms with van der Waals surface area (Å²) in [6.45, 7) is 0.606. The van der Waals surface area contributed by atoms with Crippen molar-refractivity contribution in [2.24, 2.45) is 0 Å². The summed E-state index contributed by atoms with van der Waals surface area (Å²) < 4.78 is 13.0. The number of nitrogens with two attached hydrogens (primary N) is 1. The van der Waals surface area contributed by atoms with Crippen molar-refractivity contribution < 1.29 is 4.39 Å². The third kappa shape index (κ3) is 2.93. The molecule has 0 bridgehead atoms. The number of pyridine rings is 1. The Morgan fingerprint density at radius 2 is 2.12 bits per heavy atom. The van der Waals surface area contributed by atoms with Gasteiger partial charge in [-0.15, -0.1) is 0 Å². The van der Waals surface area contributed by atoms with Gasteiger partial charge in [0.25, 0.3) is 0 Å². The quantitative estimate of drug-likeness (QED) is 0.882. The van der Waals surface area contributed by atoms with Crippen molar-refractivity contribution in [1.29, 1.82) is 0 Å². The predicted molar refractivity (Wildman–Crippen MR) is 67.2 cm³/mol. The van der Waals surface area contributed by atoms with Crippen molar-refractivity contribution in [3.8, 4) is 0 Å². The fourth-order valence-electron chi connectivity index (χ4n) is 1.61. The minimum atomic E-state index is -0.221. The molecule has 0 spiro atoms. The lowest BCUT2D eigenvalue weighted by Crippen LogP contribution is -2.17. The number of nitrogen functional groups attached to an aromatic ring is 1. The molecule has 0 aliphatic heterocycles. The number of rotatable bonds is 3. The van der Waals surface area contributed by atoms with E-state index in [4.69, 9.17) is 5.73 Å². The molecule has 0 unspecified atom stereocenters. The van der Waals surface area contributed by atoms with E-state index in [2.05, 4.69) is 4.98 Å². The van der Waals surface area contributed by atoms with E-state index in [1.165, 1.54) is 12.1 Å². The molecule has 2 aromatic rings. The monoisotopic (exact) mass is 231 g/mol. The SMILES string of the molecule is CN(Cc1cccc(F)c1)c1ccc(N)cn1. The summed E-state index contributed by atoms with van der Waals surface area (Å²) in [5.74, 6) is 0.588. The number of hydrogen-bond donors (Lipinski definition) is 1. The number of anilines is 2. The molecule has 0 saturated heterocycles. The van der Waals surface area contributed by atoms with Crippen LogP contribution in [0.1, 0.15) is 5.56 Å². The lowest BCUT2D eigenvalue weighted by atomic mass is 10.2. The summed E-state index contributed by atoms with van der Waals surface area (Å²) in [7, 11) is 1.91. The zero-order valence-corrected chi connectivity index (χ0v) is 9.60. The van der Waals surface area contributed by atoms with Crippen LogP contribution in [0.4, 0.5) is 15.9 Å². The van der Waals surface area contributed by atoms with E-state index >= 15 is 0 Å². The first-order valence-electron chi connectivity index (χ1n) is 5.32. The molecule has 1 aromatic heterocycles. The third-order valence-corrected chi connectivity index (χ3v) is 2.47. The average molecular weight is 231 g/mol. The molecular formula is C13H14FN3. The van der Waals surface area contributed by atoms with Crippen molar-refractivity contribution in [1.82, 2.24) is 4.98 Å². The molecule has 17 heavy (non-hydrogen) atoms. The summed E-state index contributed by atoms with van der Waals surface area (Å²) in [4.78, 5) is 6.14. The van der Waals surface area contributed by atoms with Gasteiger partial charge in [0.15, 0.2) is 0 Å². The van der Waals surface area contributed by atoms with Gasteiger partial charge in [0.05, 0.1) is 11.9 Å². The van der Waals surface area contributed by atoms with E-state index in [0.717, 1.165) is 11.4 Å². The molecule has 0 fully saturated rings. The molecule has 0 atom stereocenters. The van der Waals surface area contributed by atoms with Gasteiger partial charge in [-0.25, -0.2) is 9.37 Å². The van der Waals surface area contributed by atoms with Crippen molar-refractivity contribution in [3.05, 3.63) is 54.0 Å².